The van der Waals surface area contributed by atoms with Gasteiger partial charge in [-0.1, -0.05) is 29.5 Å². The van der Waals surface area contributed by atoms with Crippen LogP contribution in [-0.4, -0.2) is 28.9 Å². The van der Waals surface area contributed by atoms with Crippen LogP contribution in [0.15, 0.2) is 80.1 Å². The van der Waals surface area contributed by atoms with Crippen molar-refractivity contribution in [1.29, 1.82) is 0 Å². The van der Waals surface area contributed by atoms with Crippen LogP contribution in [0.5, 0.6) is 11.5 Å². The Hall–Kier alpha value is -4.97. The van der Waals surface area contributed by atoms with Crippen molar-refractivity contribution < 1.29 is 28.3 Å². The summed E-state index contributed by atoms with van der Waals surface area (Å²) in [7, 11) is 0. The number of hydrogen-bond donors (Lipinski definition) is 0. The largest absolute Gasteiger partial charge is 0.463 e. The Morgan fingerprint density at radius 1 is 1.20 bits per heavy atom. The van der Waals surface area contributed by atoms with Crippen molar-refractivity contribution in [3.05, 3.63) is 107 Å². The fourth-order valence-corrected chi connectivity index (χ4v) is 5.76. The minimum absolute atomic E-state index is 0.0818. The summed E-state index contributed by atoms with van der Waals surface area (Å²) in [6.07, 6.45) is 1.56. The van der Waals surface area contributed by atoms with E-state index in [0.29, 0.717) is 49.2 Å². The molecule has 0 spiro atoms. The Morgan fingerprint density at radius 2 is 2.00 bits per heavy atom. The summed E-state index contributed by atoms with van der Waals surface area (Å²) in [4.78, 5) is 42.8. The molecule has 0 aliphatic carbocycles. The van der Waals surface area contributed by atoms with E-state index in [-0.39, 0.29) is 30.2 Å². The van der Waals surface area contributed by atoms with Gasteiger partial charge in [-0.25, -0.2) is 9.79 Å². The lowest BCUT2D eigenvalue weighted by molar-refractivity contribution is -0.384. The SMILES string of the molecule is CCOC(=O)C1=C(C)N=c2s/c(=C\c3ccc(-c4ccccc4[N+](=O)[O-])o3)c(=O)n2[C@@H]1c1ccc2c(c1)OCO2. The average molecular weight is 560 g/mol. The van der Waals surface area contributed by atoms with E-state index >= 15 is 0 Å². The van der Waals surface area contributed by atoms with Gasteiger partial charge in [0.2, 0.25) is 6.79 Å². The highest BCUT2D eigenvalue weighted by Gasteiger charge is 2.34. The highest BCUT2D eigenvalue weighted by molar-refractivity contribution is 7.07. The van der Waals surface area contributed by atoms with Crippen LogP contribution in [0.3, 0.4) is 0 Å². The molecule has 0 saturated carbocycles. The zero-order valence-electron chi connectivity index (χ0n) is 21.3. The number of nitro groups is 1. The lowest BCUT2D eigenvalue weighted by Gasteiger charge is -2.24. The molecule has 0 saturated heterocycles. The van der Waals surface area contributed by atoms with Crippen LogP contribution >= 0.6 is 11.3 Å². The average Bonchev–Trinajstić information content (AvgIpc) is 3.67. The molecule has 0 radical (unpaired) electrons. The van der Waals surface area contributed by atoms with Gasteiger partial charge >= 0.3 is 5.97 Å². The number of nitro benzene ring substituents is 1. The van der Waals surface area contributed by atoms with Crippen LogP contribution in [0.25, 0.3) is 17.4 Å². The number of esters is 1. The molecule has 12 heteroatoms. The molecule has 0 amide bonds. The van der Waals surface area contributed by atoms with Gasteiger partial charge in [0, 0.05) is 12.1 Å². The molecule has 2 aliphatic heterocycles. The normalized spacial score (nSPS) is 16.1. The number of carbonyl (C=O) groups excluding carboxylic acids is 1. The first-order chi connectivity index (χ1) is 19.4. The lowest BCUT2D eigenvalue weighted by Crippen LogP contribution is -2.39. The predicted molar refractivity (Wildman–Crippen MR) is 144 cm³/mol. The maximum Gasteiger partial charge on any atom is 0.338 e. The molecule has 2 aromatic heterocycles. The first-order valence-electron chi connectivity index (χ1n) is 12.3. The monoisotopic (exact) mass is 559 g/mol. The molecule has 1 atom stereocenters. The summed E-state index contributed by atoms with van der Waals surface area (Å²) in [5, 5.41) is 11.5. The van der Waals surface area contributed by atoms with Gasteiger partial charge < -0.3 is 18.6 Å². The molecule has 0 bridgehead atoms. The summed E-state index contributed by atoms with van der Waals surface area (Å²) in [6.45, 7) is 3.65. The van der Waals surface area contributed by atoms with E-state index in [2.05, 4.69) is 4.99 Å². The summed E-state index contributed by atoms with van der Waals surface area (Å²) in [6, 6.07) is 13.9. The number of ether oxygens (including phenoxy) is 3. The van der Waals surface area contributed by atoms with Gasteiger partial charge in [0.25, 0.3) is 11.2 Å². The van der Waals surface area contributed by atoms with Gasteiger partial charge in [0.15, 0.2) is 16.3 Å². The minimum Gasteiger partial charge on any atom is -0.463 e. The van der Waals surface area contributed by atoms with Gasteiger partial charge in [-0.15, -0.1) is 0 Å². The fourth-order valence-electron chi connectivity index (χ4n) is 4.74. The number of furan rings is 1. The number of para-hydroxylation sites is 1. The number of aromatic nitrogens is 1. The second-order valence-corrected chi connectivity index (χ2v) is 9.90. The van der Waals surface area contributed by atoms with Crippen LogP contribution in [0.1, 0.15) is 31.2 Å². The number of benzene rings is 2. The van der Waals surface area contributed by atoms with Crippen molar-refractivity contribution in [3.8, 4) is 22.8 Å². The third kappa shape index (κ3) is 4.28. The van der Waals surface area contributed by atoms with Crippen molar-refractivity contribution in [1.82, 2.24) is 4.57 Å². The van der Waals surface area contributed by atoms with E-state index in [4.69, 9.17) is 18.6 Å². The lowest BCUT2D eigenvalue weighted by atomic mass is 9.95. The van der Waals surface area contributed by atoms with Crippen molar-refractivity contribution in [3.63, 3.8) is 0 Å². The first kappa shape index (κ1) is 25.3. The molecule has 0 N–H and O–H groups in total. The number of carbonyl (C=O) groups is 1. The molecule has 2 aromatic carbocycles. The maximum atomic E-state index is 13.8. The molecule has 0 fully saturated rings. The topological polar surface area (TPSA) is 135 Å². The van der Waals surface area contributed by atoms with E-state index in [9.17, 15) is 19.7 Å². The highest BCUT2D eigenvalue weighted by Crippen LogP contribution is 2.38. The van der Waals surface area contributed by atoms with Gasteiger partial charge in [-0.2, -0.15) is 0 Å². The van der Waals surface area contributed by atoms with Crippen LogP contribution in [-0.2, 0) is 9.53 Å². The van der Waals surface area contributed by atoms with Crippen LogP contribution in [0.2, 0.25) is 0 Å². The highest BCUT2D eigenvalue weighted by atomic mass is 32.1. The number of hydrogen-bond acceptors (Lipinski definition) is 10. The molecular formula is C28H21N3O8S. The number of fused-ring (bicyclic) bond motifs is 2. The van der Waals surface area contributed by atoms with E-state index in [1.54, 1.807) is 68.5 Å². The smallest absolute Gasteiger partial charge is 0.338 e. The Balaban J connectivity index is 1.48. The summed E-state index contributed by atoms with van der Waals surface area (Å²) in [5.74, 6) is 1.14. The zero-order chi connectivity index (χ0) is 28.0. The number of thiazole rings is 1. The Morgan fingerprint density at radius 3 is 2.80 bits per heavy atom. The third-order valence-electron chi connectivity index (χ3n) is 6.50. The second kappa shape index (κ2) is 9.97. The summed E-state index contributed by atoms with van der Waals surface area (Å²) < 4.78 is 23.9. The van der Waals surface area contributed by atoms with Crippen molar-refractivity contribution >= 4 is 29.1 Å². The van der Waals surface area contributed by atoms with Crippen molar-refractivity contribution in [2.75, 3.05) is 13.4 Å². The van der Waals surface area contributed by atoms with Crippen LogP contribution in [0, 0.1) is 10.1 Å². The predicted octanol–water partition coefficient (Wildman–Crippen LogP) is 3.70. The summed E-state index contributed by atoms with van der Waals surface area (Å²) >= 11 is 1.14. The van der Waals surface area contributed by atoms with E-state index < -0.39 is 16.9 Å². The van der Waals surface area contributed by atoms with Crippen molar-refractivity contribution in [2.45, 2.75) is 19.9 Å². The molecule has 4 heterocycles. The Labute approximate surface area is 230 Å². The van der Waals surface area contributed by atoms with Gasteiger partial charge in [-0.3, -0.25) is 19.5 Å². The Kier molecular flexibility index (Phi) is 6.31. The Bertz CT molecular complexity index is 1900. The molecule has 4 aromatic rings. The fraction of sp³-hybridized carbons (Fsp3) is 0.179. The van der Waals surface area contributed by atoms with Crippen LogP contribution < -0.4 is 24.4 Å². The minimum atomic E-state index is -0.814. The van der Waals surface area contributed by atoms with Gasteiger partial charge in [-0.05, 0) is 49.7 Å². The number of allylic oxidation sites excluding steroid dienone is 1. The molecule has 6 rings (SSSR count). The maximum absolute atomic E-state index is 13.8. The van der Waals surface area contributed by atoms with Gasteiger partial charge in [0.1, 0.15) is 11.5 Å². The standard InChI is InChI=1S/C28H21N3O8S/c1-3-36-27(33)24-15(2)29-28-30(25(24)16-8-10-21-22(12-16)38-14-37-21)26(32)23(40-28)13-17-9-11-20(39-17)18-6-4-5-7-19(18)31(34)35/h4-13,25H,3,14H2,1-2H3/b23-13-/t25-/m1/s1. The van der Waals surface area contributed by atoms with Gasteiger partial charge in [0.05, 0.1) is 38.9 Å². The first-order valence-corrected chi connectivity index (χ1v) is 13.1. The van der Waals surface area contributed by atoms with E-state index in [1.165, 1.54) is 10.6 Å². The molecule has 11 nitrogen and oxygen atoms in total. The number of rotatable bonds is 6. The molecule has 0 unspecified atom stereocenters. The second-order valence-electron chi connectivity index (χ2n) is 8.89. The zero-order valence-corrected chi connectivity index (χ0v) is 22.1. The van der Waals surface area contributed by atoms with E-state index in [0.717, 1.165) is 11.3 Å². The summed E-state index contributed by atoms with van der Waals surface area (Å²) in [5.41, 5.74) is 1.16. The quantitative estimate of drug-likeness (QED) is 0.198. The van der Waals surface area contributed by atoms with E-state index in [1.807, 2.05) is 0 Å². The molecule has 40 heavy (non-hydrogen) atoms. The third-order valence-corrected chi connectivity index (χ3v) is 7.48. The molecular weight excluding hydrogens is 538 g/mol. The molecule has 2 aliphatic rings. The van der Waals surface area contributed by atoms with Crippen molar-refractivity contribution in [2.24, 2.45) is 4.99 Å². The van der Waals surface area contributed by atoms with Crippen LogP contribution in [0.4, 0.5) is 5.69 Å². The number of nitrogens with zero attached hydrogens (tertiary/aromatic N) is 3. The molecule has 202 valence electrons.